The molecule has 176 valence electrons. The maximum Gasteiger partial charge on any atom is 0.416 e. The number of hydrogen-bond acceptors (Lipinski definition) is 3. The fourth-order valence-corrected chi connectivity index (χ4v) is 4.81. The first-order valence-corrected chi connectivity index (χ1v) is 11.5. The Morgan fingerprint density at radius 2 is 1.65 bits per heavy atom. The van der Waals surface area contributed by atoms with Crippen molar-refractivity contribution < 1.29 is 22.3 Å². The number of likely N-dealkylation sites (tertiary alicyclic amines) is 1. The number of alkyl halides is 3. The van der Waals surface area contributed by atoms with Crippen molar-refractivity contribution in [3.8, 4) is 17.1 Å². The molecule has 0 atom stereocenters. The van der Waals surface area contributed by atoms with Gasteiger partial charge >= 0.3 is 6.18 Å². The molecule has 0 radical (unpaired) electrons. The molecule has 6 heteroatoms. The van der Waals surface area contributed by atoms with Gasteiger partial charge in [0.15, 0.2) is 11.3 Å². The number of halogens is 3. The number of furan rings is 1. The maximum atomic E-state index is 12.9. The van der Waals surface area contributed by atoms with Gasteiger partial charge in [-0.05, 0) is 67.2 Å². The van der Waals surface area contributed by atoms with Crippen molar-refractivity contribution in [2.45, 2.75) is 31.5 Å². The van der Waals surface area contributed by atoms with E-state index in [1.54, 1.807) is 7.11 Å². The summed E-state index contributed by atoms with van der Waals surface area (Å²) in [7, 11) is 1.59. The van der Waals surface area contributed by atoms with E-state index in [1.165, 1.54) is 17.7 Å². The second-order valence-electron chi connectivity index (χ2n) is 8.82. The van der Waals surface area contributed by atoms with Crippen LogP contribution in [0, 0.1) is 0 Å². The summed E-state index contributed by atoms with van der Waals surface area (Å²) >= 11 is 0. The highest BCUT2D eigenvalue weighted by Gasteiger charge is 2.30. The van der Waals surface area contributed by atoms with Crippen molar-refractivity contribution in [3.63, 3.8) is 0 Å². The molecule has 1 aliphatic heterocycles. The molecule has 3 nitrogen and oxygen atoms in total. The average Bonchev–Trinajstić information content (AvgIpc) is 3.31. The van der Waals surface area contributed by atoms with Crippen LogP contribution in [0.15, 0.2) is 77.2 Å². The van der Waals surface area contributed by atoms with Gasteiger partial charge in [0.25, 0.3) is 0 Å². The highest BCUT2D eigenvalue weighted by Crippen LogP contribution is 2.38. The summed E-state index contributed by atoms with van der Waals surface area (Å²) in [6.45, 7) is 2.81. The average molecular weight is 466 g/mol. The molecule has 34 heavy (non-hydrogen) atoms. The Bertz CT molecular complexity index is 1250. The van der Waals surface area contributed by atoms with Crippen molar-refractivity contribution in [2.24, 2.45) is 0 Å². The largest absolute Gasteiger partial charge is 0.493 e. The predicted octanol–water partition coefficient (Wildman–Crippen LogP) is 7.51. The fourth-order valence-electron chi connectivity index (χ4n) is 4.81. The summed E-state index contributed by atoms with van der Waals surface area (Å²) in [5.41, 5.74) is 3.07. The van der Waals surface area contributed by atoms with E-state index >= 15 is 0 Å². The lowest BCUT2D eigenvalue weighted by Crippen LogP contribution is -2.32. The Kier molecular flexibility index (Phi) is 6.09. The molecule has 0 saturated carbocycles. The molecule has 3 aromatic carbocycles. The second kappa shape index (κ2) is 9.18. The topological polar surface area (TPSA) is 25.6 Å². The number of methoxy groups -OCH3 is 1. The van der Waals surface area contributed by atoms with Crippen LogP contribution in [0.2, 0.25) is 0 Å². The first kappa shape index (κ1) is 22.5. The van der Waals surface area contributed by atoms with Crippen LogP contribution in [0.1, 0.15) is 35.4 Å². The standard InChI is InChI=1S/C28H26F3NO2/c1-33-25-12-9-22(18-32-15-13-20(14-16-32)19-5-3-2-4-6-19)24-17-26(34-27(24)25)21-7-10-23(11-8-21)28(29,30)31/h2-12,17,20H,13-16,18H2,1H3. The number of nitrogens with zero attached hydrogens (tertiary/aromatic N) is 1. The molecule has 1 aromatic heterocycles. The Hall–Kier alpha value is -3.25. The molecule has 2 heterocycles. The van der Waals surface area contributed by atoms with E-state index in [9.17, 15) is 13.2 Å². The van der Waals surface area contributed by atoms with Crippen LogP contribution in [0.4, 0.5) is 13.2 Å². The zero-order valence-corrected chi connectivity index (χ0v) is 18.9. The number of piperidine rings is 1. The minimum absolute atomic E-state index is 0.525. The number of hydrogen-bond donors (Lipinski definition) is 0. The SMILES string of the molecule is COc1ccc(CN2CCC(c3ccccc3)CC2)c2cc(-c3ccc(C(F)(F)F)cc3)oc12. The molecule has 0 spiro atoms. The van der Waals surface area contributed by atoms with Crippen LogP contribution < -0.4 is 4.74 Å². The summed E-state index contributed by atoms with van der Waals surface area (Å²) in [6, 6.07) is 21.6. The van der Waals surface area contributed by atoms with Crippen molar-refractivity contribution in [2.75, 3.05) is 20.2 Å². The molecule has 1 aliphatic rings. The summed E-state index contributed by atoms with van der Waals surface area (Å²) < 4.78 is 50.4. The molecular formula is C28H26F3NO2. The van der Waals surface area contributed by atoms with Crippen LogP contribution in [-0.2, 0) is 12.7 Å². The third kappa shape index (κ3) is 4.55. The number of ether oxygens (including phenoxy) is 1. The summed E-state index contributed by atoms with van der Waals surface area (Å²) in [5, 5.41) is 0.930. The van der Waals surface area contributed by atoms with Gasteiger partial charge in [0, 0.05) is 17.5 Å². The monoisotopic (exact) mass is 465 g/mol. The van der Waals surface area contributed by atoms with Crippen LogP contribution >= 0.6 is 0 Å². The maximum absolute atomic E-state index is 12.9. The van der Waals surface area contributed by atoms with E-state index in [0.29, 0.717) is 28.6 Å². The zero-order valence-electron chi connectivity index (χ0n) is 18.9. The van der Waals surface area contributed by atoms with Gasteiger partial charge in [-0.15, -0.1) is 0 Å². The van der Waals surface area contributed by atoms with Gasteiger partial charge in [0.05, 0.1) is 12.7 Å². The molecular weight excluding hydrogens is 439 g/mol. The highest BCUT2D eigenvalue weighted by atomic mass is 19.4. The van der Waals surface area contributed by atoms with E-state index < -0.39 is 11.7 Å². The van der Waals surface area contributed by atoms with Crippen molar-refractivity contribution >= 4 is 11.0 Å². The minimum Gasteiger partial charge on any atom is -0.493 e. The van der Waals surface area contributed by atoms with Gasteiger partial charge in [0.2, 0.25) is 0 Å². The second-order valence-corrected chi connectivity index (χ2v) is 8.82. The van der Waals surface area contributed by atoms with Gasteiger partial charge in [-0.25, -0.2) is 0 Å². The van der Waals surface area contributed by atoms with Gasteiger partial charge < -0.3 is 9.15 Å². The zero-order chi connectivity index (χ0) is 23.7. The smallest absolute Gasteiger partial charge is 0.416 e. The molecule has 0 unspecified atom stereocenters. The number of benzene rings is 3. The van der Waals surface area contributed by atoms with Crippen molar-refractivity contribution in [1.82, 2.24) is 4.90 Å². The Morgan fingerprint density at radius 1 is 0.941 bits per heavy atom. The van der Waals surface area contributed by atoms with Crippen LogP contribution in [-0.4, -0.2) is 25.1 Å². The summed E-state index contributed by atoms with van der Waals surface area (Å²) in [6.07, 6.45) is -2.13. The lowest BCUT2D eigenvalue weighted by atomic mass is 9.89. The van der Waals surface area contributed by atoms with Crippen molar-refractivity contribution in [3.05, 3.63) is 89.5 Å². The Morgan fingerprint density at radius 3 is 2.29 bits per heavy atom. The first-order chi connectivity index (χ1) is 16.4. The van der Waals surface area contributed by atoms with E-state index in [-0.39, 0.29) is 0 Å². The Labute approximate surface area is 196 Å². The summed E-state index contributed by atoms with van der Waals surface area (Å²) in [4.78, 5) is 2.45. The van der Waals surface area contributed by atoms with Crippen LogP contribution in [0.3, 0.4) is 0 Å². The lowest BCUT2D eigenvalue weighted by Gasteiger charge is -2.32. The van der Waals surface area contributed by atoms with Crippen molar-refractivity contribution in [1.29, 1.82) is 0 Å². The van der Waals surface area contributed by atoms with Gasteiger partial charge in [-0.1, -0.05) is 48.5 Å². The number of fused-ring (bicyclic) bond motifs is 1. The quantitative estimate of drug-likeness (QED) is 0.305. The highest BCUT2D eigenvalue weighted by molar-refractivity contribution is 5.90. The lowest BCUT2D eigenvalue weighted by molar-refractivity contribution is -0.137. The predicted molar refractivity (Wildman–Crippen MR) is 127 cm³/mol. The van der Waals surface area contributed by atoms with Gasteiger partial charge in [-0.2, -0.15) is 13.2 Å². The third-order valence-electron chi connectivity index (χ3n) is 6.71. The molecule has 0 bridgehead atoms. The molecule has 5 rings (SSSR count). The van der Waals surface area contributed by atoms with Crippen LogP contribution in [0.25, 0.3) is 22.3 Å². The molecule has 0 aliphatic carbocycles. The molecule has 0 amide bonds. The molecule has 4 aromatic rings. The Balaban J connectivity index is 1.38. The number of rotatable bonds is 5. The molecule has 0 N–H and O–H groups in total. The first-order valence-electron chi connectivity index (χ1n) is 11.5. The van der Waals surface area contributed by atoms with E-state index in [1.807, 2.05) is 12.1 Å². The van der Waals surface area contributed by atoms with Crippen LogP contribution in [0.5, 0.6) is 5.75 Å². The molecule has 1 saturated heterocycles. The van der Waals surface area contributed by atoms with E-state index in [2.05, 4.69) is 41.3 Å². The van der Waals surface area contributed by atoms with E-state index in [0.717, 1.165) is 55.6 Å². The van der Waals surface area contributed by atoms with Gasteiger partial charge in [-0.3, -0.25) is 4.90 Å². The third-order valence-corrected chi connectivity index (χ3v) is 6.71. The fraction of sp³-hybridized carbons (Fsp3) is 0.286. The summed E-state index contributed by atoms with van der Waals surface area (Å²) in [5.74, 6) is 1.73. The molecule has 1 fully saturated rings. The van der Waals surface area contributed by atoms with E-state index in [4.69, 9.17) is 9.15 Å². The minimum atomic E-state index is -4.36. The normalized spacial score (nSPS) is 15.6. The van der Waals surface area contributed by atoms with Gasteiger partial charge in [0.1, 0.15) is 5.76 Å².